The minimum Gasteiger partial charge on any atom is -0.374 e. The Bertz CT molecular complexity index is 756. The van der Waals surface area contributed by atoms with Crippen molar-refractivity contribution < 1.29 is 4.74 Å². The minimum atomic E-state index is 0.187. The molecule has 146 valence electrons. The van der Waals surface area contributed by atoms with Gasteiger partial charge >= 0.3 is 0 Å². The van der Waals surface area contributed by atoms with Gasteiger partial charge in [0.25, 0.3) is 0 Å². The Labute approximate surface area is 162 Å². The number of ether oxygens (including phenoxy) is 1. The van der Waals surface area contributed by atoms with Crippen LogP contribution in [0.3, 0.4) is 0 Å². The van der Waals surface area contributed by atoms with Crippen molar-refractivity contribution in [3.05, 3.63) is 42.2 Å². The lowest BCUT2D eigenvalue weighted by molar-refractivity contribution is -0.0284. The molecule has 0 radical (unpaired) electrons. The summed E-state index contributed by atoms with van der Waals surface area (Å²) in [6.07, 6.45) is 2.04. The number of nitrogens with zero attached hydrogens (tertiary/aromatic N) is 3. The van der Waals surface area contributed by atoms with Crippen molar-refractivity contribution in [2.75, 3.05) is 39.8 Å². The molecule has 0 saturated carbocycles. The molecule has 6 nitrogen and oxygen atoms in total. The monoisotopic (exact) mass is 369 g/mol. The smallest absolute Gasteiger partial charge is 0.191 e. The van der Waals surface area contributed by atoms with Gasteiger partial charge in [-0.15, -0.1) is 0 Å². The summed E-state index contributed by atoms with van der Waals surface area (Å²) in [6.45, 7) is 9.81. The zero-order valence-corrected chi connectivity index (χ0v) is 16.6. The van der Waals surface area contributed by atoms with Gasteiger partial charge in [-0.1, -0.05) is 38.1 Å². The average Bonchev–Trinajstić information content (AvgIpc) is 2.68. The van der Waals surface area contributed by atoms with E-state index in [0.717, 1.165) is 44.4 Å². The molecule has 1 aliphatic heterocycles. The lowest BCUT2D eigenvalue weighted by Crippen LogP contribution is -2.50. The van der Waals surface area contributed by atoms with Crippen LogP contribution in [-0.4, -0.2) is 61.8 Å². The van der Waals surface area contributed by atoms with Gasteiger partial charge in [-0.3, -0.25) is 14.9 Å². The fourth-order valence-electron chi connectivity index (χ4n) is 3.51. The van der Waals surface area contributed by atoms with Crippen molar-refractivity contribution in [3.63, 3.8) is 0 Å². The van der Waals surface area contributed by atoms with E-state index in [4.69, 9.17) is 4.74 Å². The Hall–Kier alpha value is -2.18. The highest BCUT2D eigenvalue weighted by atomic mass is 16.5. The number of hydrogen-bond donors (Lipinski definition) is 2. The molecule has 0 aliphatic carbocycles. The maximum atomic E-state index is 5.91. The summed E-state index contributed by atoms with van der Waals surface area (Å²) in [6, 6.07) is 10.3. The Morgan fingerprint density at radius 1 is 1.30 bits per heavy atom. The number of rotatable bonds is 6. The first-order valence-electron chi connectivity index (χ1n) is 9.77. The van der Waals surface area contributed by atoms with Crippen molar-refractivity contribution in [1.29, 1.82) is 0 Å². The molecule has 1 aliphatic rings. The van der Waals surface area contributed by atoms with E-state index in [1.54, 1.807) is 7.05 Å². The third kappa shape index (κ3) is 5.65. The van der Waals surface area contributed by atoms with Gasteiger partial charge in [0, 0.05) is 44.8 Å². The molecule has 6 heteroatoms. The van der Waals surface area contributed by atoms with Crippen LogP contribution in [0.1, 0.15) is 19.5 Å². The molecular formula is C21H31N5O. The minimum absolute atomic E-state index is 0.187. The van der Waals surface area contributed by atoms with E-state index in [9.17, 15) is 0 Å². The molecule has 2 aromatic rings. The summed E-state index contributed by atoms with van der Waals surface area (Å²) in [5, 5.41) is 9.13. The molecule has 1 atom stereocenters. The molecule has 1 fully saturated rings. The second-order valence-electron chi connectivity index (χ2n) is 7.43. The molecule has 2 heterocycles. The number of pyridine rings is 1. The number of guanidine groups is 1. The standard InChI is InChI=1S/C21H31N5O/c1-16(2)14-26-10-11-27-18(15-26)12-24-21(22-3)25-13-20-19-7-5-4-6-17(19)8-9-23-20/h4-9,16,18H,10-15H2,1-3H3,(H2,22,24,25). The van der Waals surface area contributed by atoms with Crippen molar-refractivity contribution in [3.8, 4) is 0 Å². The fraction of sp³-hybridized carbons (Fsp3) is 0.524. The molecule has 0 amide bonds. The van der Waals surface area contributed by atoms with Crippen LogP contribution in [-0.2, 0) is 11.3 Å². The fourth-order valence-corrected chi connectivity index (χ4v) is 3.51. The molecule has 3 rings (SSSR count). The maximum Gasteiger partial charge on any atom is 0.191 e. The lowest BCUT2D eigenvalue weighted by atomic mass is 10.1. The number of fused-ring (bicyclic) bond motifs is 1. The third-order valence-electron chi connectivity index (χ3n) is 4.75. The highest BCUT2D eigenvalue weighted by Gasteiger charge is 2.21. The number of benzene rings is 1. The van der Waals surface area contributed by atoms with Gasteiger partial charge < -0.3 is 15.4 Å². The van der Waals surface area contributed by atoms with Crippen molar-refractivity contribution in [2.24, 2.45) is 10.9 Å². The maximum absolute atomic E-state index is 5.91. The second-order valence-corrected chi connectivity index (χ2v) is 7.43. The van der Waals surface area contributed by atoms with Crippen molar-refractivity contribution in [1.82, 2.24) is 20.5 Å². The van der Waals surface area contributed by atoms with Gasteiger partial charge in [-0.05, 0) is 17.4 Å². The molecule has 1 unspecified atom stereocenters. The Kier molecular flexibility index (Phi) is 7.01. The van der Waals surface area contributed by atoms with Gasteiger partial charge in [0.2, 0.25) is 0 Å². The average molecular weight is 370 g/mol. The van der Waals surface area contributed by atoms with Crippen molar-refractivity contribution >= 4 is 16.7 Å². The van der Waals surface area contributed by atoms with Crippen LogP contribution in [0.4, 0.5) is 0 Å². The second kappa shape index (κ2) is 9.67. The normalized spacial score (nSPS) is 18.8. The van der Waals surface area contributed by atoms with Gasteiger partial charge in [0.15, 0.2) is 5.96 Å². The van der Waals surface area contributed by atoms with Gasteiger partial charge in [0.1, 0.15) is 0 Å². The largest absolute Gasteiger partial charge is 0.374 e. The first-order valence-corrected chi connectivity index (χ1v) is 9.77. The zero-order chi connectivity index (χ0) is 19.1. The summed E-state index contributed by atoms with van der Waals surface area (Å²) in [4.78, 5) is 11.3. The molecule has 27 heavy (non-hydrogen) atoms. The van der Waals surface area contributed by atoms with Gasteiger partial charge in [-0.2, -0.15) is 0 Å². The number of hydrogen-bond acceptors (Lipinski definition) is 4. The predicted octanol–water partition coefficient (Wildman–Crippen LogP) is 2.26. The molecule has 0 bridgehead atoms. The summed E-state index contributed by atoms with van der Waals surface area (Å²) in [7, 11) is 1.79. The number of aromatic nitrogens is 1. The zero-order valence-electron chi connectivity index (χ0n) is 16.6. The van der Waals surface area contributed by atoms with E-state index in [-0.39, 0.29) is 6.10 Å². The van der Waals surface area contributed by atoms with E-state index in [2.05, 4.69) is 51.5 Å². The van der Waals surface area contributed by atoms with E-state index >= 15 is 0 Å². The lowest BCUT2D eigenvalue weighted by Gasteiger charge is -2.34. The molecule has 1 aromatic carbocycles. The van der Waals surface area contributed by atoms with Crippen LogP contribution in [0.5, 0.6) is 0 Å². The molecule has 2 N–H and O–H groups in total. The summed E-state index contributed by atoms with van der Waals surface area (Å²) in [5.74, 6) is 1.45. The van der Waals surface area contributed by atoms with E-state index in [1.807, 2.05) is 24.4 Å². The van der Waals surface area contributed by atoms with Crippen LogP contribution in [0, 0.1) is 5.92 Å². The molecule has 1 aromatic heterocycles. The molecular weight excluding hydrogens is 338 g/mol. The molecule has 1 saturated heterocycles. The van der Waals surface area contributed by atoms with E-state index in [1.165, 1.54) is 10.8 Å². The van der Waals surface area contributed by atoms with Gasteiger partial charge in [0.05, 0.1) is 24.9 Å². The van der Waals surface area contributed by atoms with Gasteiger partial charge in [-0.25, -0.2) is 0 Å². The Balaban J connectivity index is 1.51. The highest BCUT2D eigenvalue weighted by molar-refractivity contribution is 5.85. The van der Waals surface area contributed by atoms with Crippen LogP contribution in [0.15, 0.2) is 41.5 Å². The first-order chi connectivity index (χ1) is 13.2. The summed E-state index contributed by atoms with van der Waals surface area (Å²) < 4.78 is 5.91. The number of morpholine rings is 1. The van der Waals surface area contributed by atoms with Crippen LogP contribution in [0.2, 0.25) is 0 Å². The molecule has 0 spiro atoms. The highest BCUT2D eigenvalue weighted by Crippen LogP contribution is 2.15. The first kappa shape index (κ1) is 19.6. The Morgan fingerprint density at radius 2 is 2.15 bits per heavy atom. The van der Waals surface area contributed by atoms with E-state index < -0.39 is 0 Å². The van der Waals surface area contributed by atoms with Crippen molar-refractivity contribution in [2.45, 2.75) is 26.5 Å². The third-order valence-corrected chi connectivity index (χ3v) is 4.75. The Morgan fingerprint density at radius 3 is 2.96 bits per heavy atom. The SMILES string of the molecule is CN=C(NCc1nccc2ccccc12)NCC1CN(CC(C)C)CCO1. The summed E-state index contributed by atoms with van der Waals surface area (Å²) >= 11 is 0. The number of aliphatic imine (C=N–C) groups is 1. The number of nitrogens with one attached hydrogen (secondary N) is 2. The van der Waals surface area contributed by atoms with Crippen LogP contribution >= 0.6 is 0 Å². The van der Waals surface area contributed by atoms with Crippen LogP contribution < -0.4 is 10.6 Å². The van der Waals surface area contributed by atoms with Crippen LogP contribution in [0.25, 0.3) is 10.8 Å². The topological polar surface area (TPSA) is 61.8 Å². The van der Waals surface area contributed by atoms with E-state index in [0.29, 0.717) is 12.5 Å². The quantitative estimate of drug-likeness (QED) is 0.604. The predicted molar refractivity (Wildman–Crippen MR) is 111 cm³/mol. The summed E-state index contributed by atoms with van der Waals surface area (Å²) in [5.41, 5.74) is 1.02.